The van der Waals surface area contributed by atoms with Crippen molar-refractivity contribution in [2.45, 2.75) is 26.4 Å². The number of fused-ring (bicyclic) bond motifs is 1. The molecule has 0 spiro atoms. The summed E-state index contributed by atoms with van der Waals surface area (Å²) in [5, 5.41) is 1.78. The third kappa shape index (κ3) is 4.22. The van der Waals surface area contributed by atoms with E-state index in [9.17, 15) is 9.59 Å². The van der Waals surface area contributed by atoms with Crippen LogP contribution in [-0.4, -0.2) is 15.4 Å². The van der Waals surface area contributed by atoms with Crippen molar-refractivity contribution in [1.82, 2.24) is 9.38 Å². The summed E-state index contributed by atoms with van der Waals surface area (Å²) in [6.45, 7) is 4.24. The fraction of sp³-hybridized carbons (Fsp3) is 0.211. The monoisotopic (exact) mass is 354 g/mol. The summed E-state index contributed by atoms with van der Waals surface area (Å²) in [7, 11) is 0. The zero-order valence-corrected chi connectivity index (χ0v) is 14.8. The van der Waals surface area contributed by atoms with Crippen LogP contribution in [0.25, 0.3) is 11.0 Å². The van der Waals surface area contributed by atoms with Crippen LogP contribution in [0.3, 0.4) is 0 Å². The second-order valence-corrected chi connectivity index (χ2v) is 6.78. The van der Waals surface area contributed by atoms with E-state index >= 15 is 0 Å². The number of esters is 1. The molecule has 0 radical (unpaired) electrons. The van der Waals surface area contributed by atoms with E-state index < -0.39 is 5.97 Å². The van der Waals surface area contributed by atoms with Gasteiger partial charge in [0.05, 0.1) is 5.69 Å². The van der Waals surface area contributed by atoms with Crippen LogP contribution in [0.1, 0.15) is 36.6 Å². The van der Waals surface area contributed by atoms with Gasteiger partial charge in [-0.1, -0.05) is 38.1 Å². The van der Waals surface area contributed by atoms with Gasteiger partial charge in [-0.05, 0) is 23.1 Å². The summed E-state index contributed by atoms with van der Waals surface area (Å²) in [6, 6.07) is 9.40. The maximum Gasteiger partial charge on any atom is 0.331 e. The number of carbonyl (C=O) groups excluding carboxylic acids is 1. The van der Waals surface area contributed by atoms with Gasteiger partial charge in [0.1, 0.15) is 6.61 Å². The summed E-state index contributed by atoms with van der Waals surface area (Å²) >= 11 is 1.36. The Balaban J connectivity index is 1.60. The smallest absolute Gasteiger partial charge is 0.331 e. The number of hydrogen-bond acceptors (Lipinski definition) is 5. The Bertz CT molecular complexity index is 968. The molecule has 128 valence electrons. The largest absolute Gasteiger partial charge is 0.456 e. The number of ether oxygens (including phenoxy) is 1. The van der Waals surface area contributed by atoms with Crippen molar-refractivity contribution >= 4 is 28.3 Å². The normalized spacial score (nSPS) is 11.5. The molecule has 1 aromatic carbocycles. The van der Waals surface area contributed by atoms with Gasteiger partial charge in [0.15, 0.2) is 4.96 Å². The van der Waals surface area contributed by atoms with Crippen LogP contribution in [0.4, 0.5) is 0 Å². The number of benzene rings is 1. The molecule has 0 unspecified atom stereocenters. The molecular formula is C19H18N2O3S. The average molecular weight is 354 g/mol. The molecule has 0 atom stereocenters. The number of nitrogens with zero attached hydrogens (tertiary/aromatic N) is 2. The molecule has 0 amide bonds. The van der Waals surface area contributed by atoms with E-state index in [2.05, 4.69) is 18.8 Å². The van der Waals surface area contributed by atoms with Crippen molar-refractivity contribution in [1.29, 1.82) is 0 Å². The number of rotatable bonds is 5. The van der Waals surface area contributed by atoms with E-state index in [1.54, 1.807) is 17.7 Å². The number of carbonyl (C=O) groups is 1. The van der Waals surface area contributed by atoms with Crippen molar-refractivity contribution < 1.29 is 9.53 Å². The Labute approximate surface area is 149 Å². The van der Waals surface area contributed by atoms with Crippen molar-refractivity contribution in [3.63, 3.8) is 0 Å². The van der Waals surface area contributed by atoms with Gasteiger partial charge < -0.3 is 4.74 Å². The van der Waals surface area contributed by atoms with Gasteiger partial charge in [0.2, 0.25) is 0 Å². The molecule has 0 aliphatic heterocycles. The lowest BCUT2D eigenvalue weighted by atomic mass is 10.0. The van der Waals surface area contributed by atoms with Crippen molar-refractivity contribution in [3.05, 3.63) is 75.2 Å². The zero-order chi connectivity index (χ0) is 17.8. The maximum atomic E-state index is 11.9. The highest BCUT2D eigenvalue weighted by Gasteiger charge is 2.05. The van der Waals surface area contributed by atoms with E-state index in [4.69, 9.17) is 4.74 Å². The molecule has 5 nitrogen and oxygen atoms in total. The van der Waals surface area contributed by atoms with E-state index in [-0.39, 0.29) is 12.2 Å². The standard InChI is InChI=1S/C19H18N2O3S/c1-13(2)15-6-3-14(4-7-15)5-8-18(23)24-12-16-11-17(22)21-9-10-25-19(21)20-16/h3-11,13H,12H2,1-2H3/b8-5+. The Morgan fingerprint density at radius 2 is 2.08 bits per heavy atom. The molecule has 3 aromatic rings. The van der Waals surface area contributed by atoms with E-state index in [1.165, 1.54) is 33.4 Å². The molecule has 2 heterocycles. The third-order valence-corrected chi connectivity index (χ3v) is 4.49. The molecule has 0 saturated carbocycles. The van der Waals surface area contributed by atoms with Crippen LogP contribution >= 0.6 is 11.3 Å². The maximum absolute atomic E-state index is 11.9. The Morgan fingerprint density at radius 1 is 1.32 bits per heavy atom. The van der Waals surface area contributed by atoms with Gasteiger partial charge in [0.25, 0.3) is 5.56 Å². The molecule has 0 saturated heterocycles. The zero-order valence-electron chi connectivity index (χ0n) is 14.0. The first-order chi connectivity index (χ1) is 12.0. The minimum Gasteiger partial charge on any atom is -0.456 e. The fourth-order valence-corrected chi connectivity index (χ4v) is 3.05. The second-order valence-electron chi connectivity index (χ2n) is 5.90. The summed E-state index contributed by atoms with van der Waals surface area (Å²) in [5.74, 6) is 0.00126. The highest BCUT2D eigenvalue weighted by molar-refractivity contribution is 7.15. The average Bonchev–Trinajstić information content (AvgIpc) is 3.07. The van der Waals surface area contributed by atoms with Gasteiger partial charge in [-0.15, -0.1) is 11.3 Å². The van der Waals surface area contributed by atoms with Crippen LogP contribution in [0.5, 0.6) is 0 Å². The lowest BCUT2D eigenvalue weighted by Crippen LogP contribution is -2.14. The lowest BCUT2D eigenvalue weighted by molar-refractivity contribution is -0.139. The molecule has 25 heavy (non-hydrogen) atoms. The lowest BCUT2D eigenvalue weighted by Gasteiger charge is -2.04. The summed E-state index contributed by atoms with van der Waals surface area (Å²) in [6.07, 6.45) is 4.75. The minimum atomic E-state index is -0.471. The van der Waals surface area contributed by atoms with Crippen LogP contribution in [0.15, 0.2) is 52.8 Å². The topological polar surface area (TPSA) is 60.7 Å². The molecule has 0 fully saturated rings. The second kappa shape index (κ2) is 7.44. The summed E-state index contributed by atoms with van der Waals surface area (Å²) in [4.78, 5) is 28.6. The van der Waals surface area contributed by atoms with Gasteiger partial charge in [-0.2, -0.15) is 0 Å². The summed E-state index contributed by atoms with van der Waals surface area (Å²) < 4.78 is 6.62. The predicted molar refractivity (Wildman–Crippen MR) is 98.7 cm³/mol. The number of hydrogen-bond donors (Lipinski definition) is 0. The molecule has 0 aliphatic carbocycles. The van der Waals surface area contributed by atoms with Gasteiger partial charge in [-0.3, -0.25) is 9.20 Å². The van der Waals surface area contributed by atoms with Gasteiger partial charge in [0, 0.05) is 23.7 Å². The molecule has 2 aromatic heterocycles. The number of aromatic nitrogens is 2. The van der Waals surface area contributed by atoms with E-state index in [0.29, 0.717) is 16.6 Å². The van der Waals surface area contributed by atoms with Gasteiger partial charge >= 0.3 is 5.97 Å². The van der Waals surface area contributed by atoms with Gasteiger partial charge in [-0.25, -0.2) is 9.78 Å². The number of thiazole rings is 1. The Kier molecular flexibility index (Phi) is 5.09. The first-order valence-corrected chi connectivity index (χ1v) is 8.81. The molecule has 0 bridgehead atoms. The van der Waals surface area contributed by atoms with Crippen LogP contribution < -0.4 is 5.56 Å². The highest BCUT2D eigenvalue weighted by atomic mass is 32.1. The first kappa shape index (κ1) is 17.1. The van der Waals surface area contributed by atoms with Crippen molar-refractivity contribution in [3.8, 4) is 0 Å². The molecular weight excluding hydrogens is 336 g/mol. The predicted octanol–water partition coefficient (Wildman–Crippen LogP) is 3.64. The quantitative estimate of drug-likeness (QED) is 0.518. The van der Waals surface area contributed by atoms with Crippen LogP contribution in [-0.2, 0) is 16.1 Å². The van der Waals surface area contributed by atoms with E-state index in [0.717, 1.165) is 5.56 Å². The Hall–Kier alpha value is -2.73. The SMILES string of the molecule is CC(C)c1ccc(/C=C/C(=O)OCc2cc(=O)n3ccsc3n2)cc1. The minimum absolute atomic E-state index is 0.0287. The van der Waals surface area contributed by atoms with Crippen LogP contribution in [0, 0.1) is 0 Å². The molecule has 0 N–H and O–H groups in total. The van der Waals surface area contributed by atoms with Crippen molar-refractivity contribution in [2.75, 3.05) is 0 Å². The molecule has 3 rings (SSSR count). The van der Waals surface area contributed by atoms with E-state index in [1.807, 2.05) is 24.3 Å². The Morgan fingerprint density at radius 3 is 2.80 bits per heavy atom. The summed E-state index contributed by atoms with van der Waals surface area (Å²) in [5.41, 5.74) is 2.44. The molecule has 0 aliphatic rings. The fourth-order valence-electron chi connectivity index (χ4n) is 2.31. The van der Waals surface area contributed by atoms with Crippen LogP contribution in [0.2, 0.25) is 0 Å². The van der Waals surface area contributed by atoms with Crippen molar-refractivity contribution in [2.24, 2.45) is 0 Å². The third-order valence-electron chi connectivity index (χ3n) is 3.73. The molecule has 6 heteroatoms. The highest BCUT2D eigenvalue weighted by Crippen LogP contribution is 2.15. The first-order valence-electron chi connectivity index (χ1n) is 7.93.